The van der Waals surface area contributed by atoms with Crippen molar-refractivity contribution in [3.8, 4) is 0 Å². The van der Waals surface area contributed by atoms with E-state index in [1.54, 1.807) is 24.9 Å². The zero-order valence-corrected chi connectivity index (χ0v) is 12.9. The molecule has 1 N–H and O–H groups in total. The van der Waals surface area contributed by atoms with E-state index >= 15 is 0 Å². The van der Waals surface area contributed by atoms with E-state index in [-0.39, 0.29) is 19.0 Å². The fourth-order valence-electron chi connectivity index (χ4n) is 2.83. The molecule has 2 heterocycles. The Morgan fingerprint density at radius 2 is 2.18 bits per heavy atom. The topological polar surface area (TPSA) is 50.2 Å². The summed E-state index contributed by atoms with van der Waals surface area (Å²) in [4.78, 5) is 13.4. The van der Waals surface area contributed by atoms with Gasteiger partial charge in [0.25, 0.3) is 0 Å². The molecular weight excluding hydrogens is 297 g/mol. The van der Waals surface area contributed by atoms with Crippen molar-refractivity contribution in [2.45, 2.75) is 38.9 Å². The van der Waals surface area contributed by atoms with Crippen molar-refractivity contribution in [2.24, 2.45) is 13.0 Å². The van der Waals surface area contributed by atoms with Gasteiger partial charge in [-0.15, -0.1) is 0 Å². The normalized spacial score (nSPS) is 20.8. The van der Waals surface area contributed by atoms with Crippen molar-refractivity contribution < 1.29 is 18.0 Å². The third kappa shape index (κ3) is 3.72. The molecule has 1 aromatic rings. The van der Waals surface area contributed by atoms with E-state index in [0.717, 1.165) is 11.3 Å². The van der Waals surface area contributed by atoms with Crippen LogP contribution in [0.5, 0.6) is 0 Å². The van der Waals surface area contributed by atoms with Gasteiger partial charge in [-0.1, -0.05) is 0 Å². The van der Waals surface area contributed by atoms with Gasteiger partial charge in [-0.25, -0.2) is 4.79 Å². The molecule has 2 amide bonds. The molecule has 1 aliphatic rings. The largest absolute Gasteiger partial charge is 0.393 e. The number of piperidine rings is 1. The van der Waals surface area contributed by atoms with Crippen LogP contribution in [-0.4, -0.2) is 40.0 Å². The lowest BCUT2D eigenvalue weighted by Gasteiger charge is -2.34. The van der Waals surface area contributed by atoms with Gasteiger partial charge < -0.3 is 10.2 Å². The fraction of sp³-hybridized carbons (Fsp3) is 0.714. The highest BCUT2D eigenvalue weighted by molar-refractivity contribution is 5.74. The highest BCUT2D eigenvalue weighted by atomic mass is 19.4. The van der Waals surface area contributed by atoms with E-state index < -0.39 is 18.1 Å². The minimum atomic E-state index is -4.25. The molecule has 0 aliphatic carbocycles. The Balaban J connectivity index is 1.98. The van der Waals surface area contributed by atoms with Crippen LogP contribution in [0, 0.1) is 12.8 Å². The van der Waals surface area contributed by atoms with Gasteiger partial charge in [-0.3, -0.25) is 4.68 Å². The number of carbonyl (C=O) groups is 1. The maximum absolute atomic E-state index is 12.8. The van der Waals surface area contributed by atoms with Crippen LogP contribution < -0.4 is 5.32 Å². The van der Waals surface area contributed by atoms with Crippen LogP contribution in [0.15, 0.2) is 6.20 Å². The molecule has 0 aromatic carbocycles. The molecule has 5 nitrogen and oxygen atoms in total. The van der Waals surface area contributed by atoms with E-state index in [0.29, 0.717) is 13.0 Å². The molecule has 0 saturated carbocycles. The summed E-state index contributed by atoms with van der Waals surface area (Å²) in [7, 11) is 1.78. The number of hydrogen-bond acceptors (Lipinski definition) is 2. The standard InChI is InChI=1S/C14H21F3N4O/c1-9(12-8-20(3)19-10(12)2)18-13(22)21-6-4-5-11(7-21)14(15,16)17/h8-9,11H,4-7H2,1-3H3,(H,18,22)/t9-,11+/m1/s1. The molecule has 0 unspecified atom stereocenters. The molecule has 0 bridgehead atoms. The van der Waals surface area contributed by atoms with Crippen LogP contribution in [0.1, 0.15) is 37.1 Å². The van der Waals surface area contributed by atoms with Gasteiger partial charge in [-0.2, -0.15) is 18.3 Å². The second kappa shape index (κ2) is 6.18. The first-order valence-electron chi connectivity index (χ1n) is 7.30. The van der Waals surface area contributed by atoms with Crippen molar-refractivity contribution in [2.75, 3.05) is 13.1 Å². The summed E-state index contributed by atoms with van der Waals surface area (Å²) < 4.78 is 40.0. The highest BCUT2D eigenvalue weighted by Gasteiger charge is 2.42. The lowest BCUT2D eigenvalue weighted by Crippen LogP contribution is -2.49. The van der Waals surface area contributed by atoms with Gasteiger partial charge in [0.05, 0.1) is 17.7 Å². The number of carbonyl (C=O) groups excluding carboxylic acids is 1. The second-order valence-corrected chi connectivity index (χ2v) is 5.84. The summed E-state index contributed by atoms with van der Waals surface area (Å²) in [5.74, 6) is -1.43. The lowest BCUT2D eigenvalue weighted by molar-refractivity contribution is -0.184. The Morgan fingerprint density at radius 1 is 1.50 bits per heavy atom. The summed E-state index contributed by atoms with van der Waals surface area (Å²) >= 11 is 0. The van der Waals surface area contributed by atoms with Crippen molar-refractivity contribution in [1.82, 2.24) is 20.0 Å². The van der Waals surface area contributed by atoms with Crippen molar-refractivity contribution in [3.63, 3.8) is 0 Å². The van der Waals surface area contributed by atoms with Gasteiger partial charge in [-0.05, 0) is 26.7 Å². The lowest BCUT2D eigenvalue weighted by atomic mass is 9.98. The van der Waals surface area contributed by atoms with E-state index in [4.69, 9.17) is 0 Å². The zero-order valence-electron chi connectivity index (χ0n) is 12.9. The molecule has 124 valence electrons. The Kier molecular flexibility index (Phi) is 4.67. The second-order valence-electron chi connectivity index (χ2n) is 5.84. The number of hydrogen-bond donors (Lipinski definition) is 1. The first kappa shape index (κ1) is 16.6. The van der Waals surface area contributed by atoms with Crippen LogP contribution >= 0.6 is 0 Å². The number of nitrogens with zero attached hydrogens (tertiary/aromatic N) is 3. The molecule has 0 radical (unpaired) electrons. The van der Waals surface area contributed by atoms with Crippen LogP contribution in [0.2, 0.25) is 0 Å². The van der Waals surface area contributed by atoms with Crippen molar-refractivity contribution >= 4 is 6.03 Å². The number of urea groups is 1. The van der Waals surface area contributed by atoms with Crippen LogP contribution in [0.3, 0.4) is 0 Å². The molecule has 2 atom stereocenters. The molecule has 1 fully saturated rings. The predicted octanol–water partition coefficient (Wildman–Crippen LogP) is 2.77. The quantitative estimate of drug-likeness (QED) is 0.911. The molecule has 2 rings (SSSR count). The minimum Gasteiger partial charge on any atom is -0.331 e. The Bertz CT molecular complexity index is 541. The average molecular weight is 318 g/mol. The average Bonchev–Trinajstić information content (AvgIpc) is 2.77. The first-order valence-corrected chi connectivity index (χ1v) is 7.30. The first-order chi connectivity index (χ1) is 10.2. The van der Waals surface area contributed by atoms with Crippen LogP contribution in [-0.2, 0) is 7.05 Å². The minimum absolute atomic E-state index is 0.0878. The number of halogens is 3. The monoisotopic (exact) mass is 318 g/mol. The third-order valence-electron chi connectivity index (χ3n) is 4.03. The van der Waals surface area contributed by atoms with Gasteiger partial charge in [0.1, 0.15) is 0 Å². The number of likely N-dealkylation sites (tertiary alicyclic amines) is 1. The van der Waals surface area contributed by atoms with Crippen molar-refractivity contribution in [3.05, 3.63) is 17.5 Å². The van der Waals surface area contributed by atoms with E-state index in [9.17, 15) is 18.0 Å². The van der Waals surface area contributed by atoms with Gasteiger partial charge in [0.15, 0.2) is 0 Å². The maximum Gasteiger partial charge on any atom is 0.393 e. The van der Waals surface area contributed by atoms with E-state index in [1.165, 1.54) is 4.90 Å². The Hall–Kier alpha value is -1.73. The van der Waals surface area contributed by atoms with Gasteiger partial charge >= 0.3 is 12.2 Å². The molecule has 1 aromatic heterocycles. The molecule has 1 saturated heterocycles. The number of nitrogens with one attached hydrogen (secondary N) is 1. The third-order valence-corrected chi connectivity index (χ3v) is 4.03. The van der Waals surface area contributed by atoms with Gasteiger partial charge in [0, 0.05) is 31.9 Å². The maximum atomic E-state index is 12.8. The highest BCUT2D eigenvalue weighted by Crippen LogP contribution is 2.33. The fourth-order valence-corrected chi connectivity index (χ4v) is 2.83. The molecule has 1 aliphatic heterocycles. The summed E-state index contributed by atoms with van der Waals surface area (Å²) in [6.07, 6.45) is -1.98. The summed E-state index contributed by atoms with van der Waals surface area (Å²) in [6.45, 7) is 3.72. The SMILES string of the molecule is Cc1nn(C)cc1[C@@H](C)NC(=O)N1CCC[C@H](C(F)(F)F)C1. The number of rotatable bonds is 2. The number of amides is 2. The Morgan fingerprint density at radius 3 is 2.73 bits per heavy atom. The summed E-state index contributed by atoms with van der Waals surface area (Å²) in [5.41, 5.74) is 1.65. The number of alkyl halides is 3. The number of aromatic nitrogens is 2. The number of aryl methyl sites for hydroxylation is 2. The van der Waals surface area contributed by atoms with E-state index in [1.807, 2.05) is 6.92 Å². The molecular formula is C14H21F3N4O. The smallest absolute Gasteiger partial charge is 0.331 e. The summed E-state index contributed by atoms with van der Waals surface area (Å²) in [5, 5.41) is 6.96. The molecule has 8 heteroatoms. The summed E-state index contributed by atoms with van der Waals surface area (Å²) in [6, 6.07) is -0.753. The predicted molar refractivity (Wildman–Crippen MR) is 75.2 cm³/mol. The zero-order chi connectivity index (χ0) is 16.5. The van der Waals surface area contributed by atoms with Gasteiger partial charge in [0.2, 0.25) is 0 Å². The van der Waals surface area contributed by atoms with Crippen LogP contribution in [0.25, 0.3) is 0 Å². The Labute approximate surface area is 127 Å². The van der Waals surface area contributed by atoms with E-state index in [2.05, 4.69) is 10.4 Å². The van der Waals surface area contributed by atoms with Crippen molar-refractivity contribution in [1.29, 1.82) is 0 Å². The molecule has 22 heavy (non-hydrogen) atoms. The van der Waals surface area contributed by atoms with Crippen LogP contribution in [0.4, 0.5) is 18.0 Å². The molecule has 0 spiro atoms.